The van der Waals surface area contributed by atoms with Crippen LogP contribution in [0.3, 0.4) is 0 Å². The van der Waals surface area contributed by atoms with E-state index < -0.39 is 5.60 Å². The van der Waals surface area contributed by atoms with Crippen LogP contribution >= 0.6 is 0 Å². The summed E-state index contributed by atoms with van der Waals surface area (Å²) >= 11 is 0. The summed E-state index contributed by atoms with van der Waals surface area (Å²) in [5.41, 5.74) is 1.58. The molecule has 0 saturated carbocycles. The lowest BCUT2D eigenvalue weighted by Gasteiger charge is -2.38. The number of ether oxygens (including phenoxy) is 3. The molecule has 0 aliphatic carbocycles. The van der Waals surface area contributed by atoms with Crippen molar-refractivity contribution >= 4 is 0 Å². The van der Waals surface area contributed by atoms with E-state index in [0.29, 0.717) is 26.1 Å². The molecule has 1 N–H and O–H groups in total. The van der Waals surface area contributed by atoms with Crippen molar-refractivity contribution in [2.24, 2.45) is 0 Å². The number of methoxy groups -OCH3 is 1. The molecule has 0 atom stereocenters. The first-order chi connectivity index (χ1) is 16.9. The summed E-state index contributed by atoms with van der Waals surface area (Å²) in [4.78, 5) is 6.63. The van der Waals surface area contributed by atoms with Gasteiger partial charge in [0.15, 0.2) is 11.5 Å². The zero-order valence-corrected chi connectivity index (χ0v) is 21.1. The number of aliphatic hydroxyl groups is 1. The van der Waals surface area contributed by atoms with Gasteiger partial charge in [0.2, 0.25) is 0 Å². The molecule has 35 heavy (non-hydrogen) atoms. The summed E-state index contributed by atoms with van der Waals surface area (Å²) in [7, 11) is 1.67. The van der Waals surface area contributed by atoms with Gasteiger partial charge < -0.3 is 23.9 Å². The van der Waals surface area contributed by atoms with E-state index >= 15 is 0 Å². The molecule has 0 unspecified atom stereocenters. The van der Waals surface area contributed by atoms with Gasteiger partial charge in [-0.15, -0.1) is 0 Å². The molecule has 0 spiro atoms. The third kappa shape index (κ3) is 6.99. The van der Waals surface area contributed by atoms with Crippen molar-refractivity contribution in [2.45, 2.75) is 51.8 Å². The second-order valence-electron chi connectivity index (χ2n) is 9.46. The van der Waals surface area contributed by atoms with E-state index in [4.69, 9.17) is 14.2 Å². The van der Waals surface area contributed by atoms with Gasteiger partial charge in [0.05, 0.1) is 13.7 Å². The van der Waals surface area contributed by atoms with Gasteiger partial charge in [-0.2, -0.15) is 0 Å². The van der Waals surface area contributed by atoms with E-state index in [1.54, 1.807) is 7.11 Å². The molecular formula is C28H37N3O4. The Labute approximate surface area is 208 Å². The number of benzene rings is 2. The molecular weight excluding hydrogens is 442 g/mol. The number of hydrogen-bond acceptors (Lipinski definition) is 6. The fraction of sp³-hybridized carbons (Fsp3) is 0.464. The predicted octanol–water partition coefficient (Wildman–Crippen LogP) is 4.38. The third-order valence-corrected chi connectivity index (χ3v) is 6.67. The van der Waals surface area contributed by atoms with Gasteiger partial charge in [-0.05, 0) is 62.9 Å². The third-order valence-electron chi connectivity index (χ3n) is 6.67. The van der Waals surface area contributed by atoms with Crippen LogP contribution in [0.5, 0.6) is 17.2 Å². The van der Waals surface area contributed by atoms with Crippen LogP contribution in [0.4, 0.5) is 0 Å². The second-order valence-corrected chi connectivity index (χ2v) is 9.46. The van der Waals surface area contributed by atoms with Crippen molar-refractivity contribution in [3.8, 4) is 17.2 Å². The maximum atomic E-state index is 11.0. The van der Waals surface area contributed by atoms with Gasteiger partial charge in [0.1, 0.15) is 23.8 Å². The molecule has 2 aromatic carbocycles. The van der Waals surface area contributed by atoms with Crippen molar-refractivity contribution in [3.63, 3.8) is 0 Å². The van der Waals surface area contributed by atoms with Crippen LogP contribution in [0.1, 0.15) is 36.2 Å². The van der Waals surface area contributed by atoms with Crippen molar-refractivity contribution in [3.05, 3.63) is 71.8 Å². The highest BCUT2D eigenvalue weighted by atomic mass is 16.5. The van der Waals surface area contributed by atoms with E-state index in [1.807, 2.05) is 49.6 Å². The molecule has 1 aliphatic heterocycles. The van der Waals surface area contributed by atoms with Crippen LogP contribution < -0.4 is 14.2 Å². The Bertz CT molecular complexity index is 1070. The number of aromatic nitrogens is 2. The van der Waals surface area contributed by atoms with Crippen LogP contribution in [-0.4, -0.2) is 58.6 Å². The first-order valence-corrected chi connectivity index (χ1v) is 12.4. The summed E-state index contributed by atoms with van der Waals surface area (Å²) < 4.78 is 19.6. The van der Waals surface area contributed by atoms with Crippen LogP contribution in [0, 0.1) is 13.8 Å². The maximum absolute atomic E-state index is 11.0. The van der Waals surface area contributed by atoms with Crippen molar-refractivity contribution in [1.82, 2.24) is 14.5 Å². The minimum absolute atomic E-state index is 0.322. The molecule has 7 heteroatoms. The standard InChI is InChI=1S/C28H37N3O4/c1-22-5-8-25(9-6-22)35-21-28(32)11-15-30(16-12-28)20-24-7-10-26(33-3)27(19-24)34-18-4-14-31-17-13-29-23(31)2/h5-10,13,17,19,32H,4,11-12,14-16,18,20-21H2,1-3H3. The maximum Gasteiger partial charge on any atom is 0.161 e. The molecule has 1 fully saturated rings. The first-order valence-electron chi connectivity index (χ1n) is 12.4. The summed E-state index contributed by atoms with van der Waals surface area (Å²) in [6.07, 6.45) is 6.07. The number of aryl methyl sites for hydroxylation is 3. The normalized spacial score (nSPS) is 15.7. The lowest BCUT2D eigenvalue weighted by Crippen LogP contribution is -2.47. The van der Waals surface area contributed by atoms with Gasteiger partial charge in [-0.1, -0.05) is 23.8 Å². The highest BCUT2D eigenvalue weighted by molar-refractivity contribution is 5.43. The Morgan fingerprint density at radius 3 is 2.46 bits per heavy atom. The van der Waals surface area contributed by atoms with Crippen molar-refractivity contribution in [2.75, 3.05) is 33.4 Å². The molecule has 4 rings (SSSR count). The Kier molecular flexibility index (Phi) is 8.31. The van der Waals surface area contributed by atoms with Gasteiger partial charge in [0, 0.05) is 38.6 Å². The average Bonchev–Trinajstić information content (AvgIpc) is 3.28. The summed E-state index contributed by atoms with van der Waals surface area (Å²) in [5, 5.41) is 11.0. The molecule has 1 aromatic heterocycles. The Hall–Kier alpha value is -3.03. The monoisotopic (exact) mass is 479 g/mol. The van der Waals surface area contributed by atoms with Gasteiger partial charge in [0.25, 0.3) is 0 Å². The average molecular weight is 480 g/mol. The zero-order chi connectivity index (χ0) is 24.7. The van der Waals surface area contributed by atoms with E-state index in [9.17, 15) is 5.11 Å². The molecule has 1 aliphatic rings. The summed E-state index contributed by atoms with van der Waals surface area (Å²) in [6, 6.07) is 14.1. The zero-order valence-electron chi connectivity index (χ0n) is 21.1. The highest BCUT2D eigenvalue weighted by Crippen LogP contribution is 2.30. The van der Waals surface area contributed by atoms with Crippen LogP contribution in [0.15, 0.2) is 54.9 Å². The Morgan fingerprint density at radius 1 is 1.00 bits per heavy atom. The van der Waals surface area contributed by atoms with Gasteiger partial charge >= 0.3 is 0 Å². The largest absolute Gasteiger partial charge is 0.493 e. The van der Waals surface area contributed by atoms with E-state index in [1.165, 1.54) is 11.1 Å². The van der Waals surface area contributed by atoms with Crippen LogP contribution in [-0.2, 0) is 13.1 Å². The van der Waals surface area contributed by atoms with E-state index in [2.05, 4.69) is 33.5 Å². The predicted molar refractivity (Wildman–Crippen MR) is 136 cm³/mol. The van der Waals surface area contributed by atoms with E-state index in [-0.39, 0.29) is 0 Å². The Balaban J connectivity index is 1.25. The molecule has 0 bridgehead atoms. The summed E-state index contributed by atoms with van der Waals surface area (Å²) in [5.74, 6) is 3.33. The topological polar surface area (TPSA) is 69.0 Å². The number of piperidine rings is 1. The molecule has 7 nitrogen and oxygen atoms in total. The quantitative estimate of drug-likeness (QED) is 0.412. The van der Waals surface area contributed by atoms with Crippen molar-refractivity contribution in [1.29, 1.82) is 0 Å². The first kappa shape index (κ1) is 25.1. The van der Waals surface area contributed by atoms with Crippen LogP contribution in [0.25, 0.3) is 0 Å². The highest BCUT2D eigenvalue weighted by Gasteiger charge is 2.33. The molecule has 0 radical (unpaired) electrons. The number of nitrogens with zero attached hydrogens (tertiary/aromatic N) is 3. The lowest BCUT2D eigenvalue weighted by atomic mass is 9.92. The number of hydrogen-bond donors (Lipinski definition) is 1. The molecule has 1 saturated heterocycles. The molecule has 2 heterocycles. The molecule has 3 aromatic rings. The minimum Gasteiger partial charge on any atom is -0.493 e. The fourth-order valence-electron chi connectivity index (χ4n) is 4.37. The minimum atomic E-state index is -0.789. The summed E-state index contributed by atoms with van der Waals surface area (Å²) in [6.45, 7) is 8.31. The smallest absolute Gasteiger partial charge is 0.161 e. The van der Waals surface area contributed by atoms with E-state index in [0.717, 1.165) is 55.7 Å². The number of imidazole rings is 1. The Morgan fingerprint density at radius 2 is 1.77 bits per heavy atom. The second kappa shape index (κ2) is 11.6. The number of likely N-dealkylation sites (tertiary alicyclic amines) is 1. The molecule has 188 valence electrons. The van der Waals surface area contributed by atoms with Gasteiger partial charge in [-0.25, -0.2) is 4.98 Å². The van der Waals surface area contributed by atoms with Crippen molar-refractivity contribution < 1.29 is 19.3 Å². The number of rotatable bonds is 11. The lowest BCUT2D eigenvalue weighted by molar-refractivity contribution is -0.0537. The fourth-order valence-corrected chi connectivity index (χ4v) is 4.37. The van der Waals surface area contributed by atoms with Crippen LogP contribution in [0.2, 0.25) is 0 Å². The van der Waals surface area contributed by atoms with Gasteiger partial charge in [-0.3, -0.25) is 4.90 Å². The SMILES string of the molecule is COc1ccc(CN2CCC(O)(COc3ccc(C)cc3)CC2)cc1OCCCn1ccnc1C. The molecule has 0 amide bonds.